The summed E-state index contributed by atoms with van der Waals surface area (Å²) in [5.41, 5.74) is 0.605. The fourth-order valence-corrected chi connectivity index (χ4v) is 4.68. The van der Waals surface area contributed by atoms with Gasteiger partial charge in [-0.1, -0.05) is 12.1 Å². The summed E-state index contributed by atoms with van der Waals surface area (Å²) >= 11 is 0. The number of carbonyl (C=O) groups is 5. The van der Waals surface area contributed by atoms with Crippen molar-refractivity contribution in [3.63, 3.8) is 0 Å². The van der Waals surface area contributed by atoms with Crippen molar-refractivity contribution in [2.24, 2.45) is 0 Å². The van der Waals surface area contributed by atoms with Gasteiger partial charge >= 0.3 is 12.2 Å². The number of fused-ring (bicyclic) bond motifs is 2. The number of anilines is 2. The Hall–Kier alpha value is -5.07. The number of pyridine rings is 1. The molecular weight excluding hydrogens is 532 g/mol. The van der Waals surface area contributed by atoms with E-state index in [2.05, 4.69) is 15.4 Å². The van der Waals surface area contributed by atoms with Crippen molar-refractivity contribution >= 4 is 41.4 Å². The predicted octanol–water partition coefficient (Wildman–Crippen LogP) is 3.63. The van der Waals surface area contributed by atoms with Gasteiger partial charge in [-0.15, -0.1) is 5.10 Å². The molecule has 1 N–H and O–H groups in total. The Labute approximate surface area is 235 Å². The highest BCUT2D eigenvalue weighted by Gasteiger charge is 2.39. The molecule has 212 valence electrons. The van der Waals surface area contributed by atoms with Gasteiger partial charge in [0.1, 0.15) is 5.60 Å². The molecule has 0 unspecified atom stereocenters. The van der Waals surface area contributed by atoms with E-state index in [-0.39, 0.29) is 54.3 Å². The molecule has 1 aromatic carbocycles. The number of amides is 4. The summed E-state index contributed by atoms with van der Waals surface area (Å²) in [7, 11) is 0. The molecular formula is C28H28N6O7. The Morgan fingerprint density at radius 1 is 1.02 bits per heavy atom. The molecule has 2 aromatic heterocycles. The van der Waals surface area contributed by atoms with Gasteiger partial charge in [-0.2, -0.15) is 4.68 Å². The fourth-order valence-electron chi connectivity index (χ4n) is 4.68. The second-order valence-electron chi connectivity index (χ2n) is 10.4. The van der Waals surface area contributed by atoms with E-state index in [1.54, 1.807) is 39.8 Å². The number of imide groups is 1. The normalized spacial score (nSPS) is 14.4. The van der Waals surface area contributed by atoms with Crippen LogP contribution in [0, 0.1) is 0 Å². The standard InChI is InChI=1S/C28H28N6O7/c1-5-40-27(39)34-20-11-13-32(26(38)41-28(2,3)4)15-19(20)22(31-34)30-23(35)18-10-12-29-14-21(18)33-24(36)16-8-6-7-9-17(16)25(33)37/h6-10,12,14H,5,11,13,15H2,1-4H3,(H,30,31,35). The quantitative estimate of drug-likeness (QED) is 0.471. The second kappa shape index (κ2) is 10.5. The lowest BCUT2D eigenvalue weighted by Gasteiger charge is -2.30. The van der Waals surface area contributed by atoms with E-state index >= 15 is 0 Å². The number of carbonyl (C=O) groups excluding carboxylic acids is 5. The van der Waals surface area contributed by atoms with E-state index < -0.39 is 35.5 Å². The van der Waals surface area contributed by atoms with Gasteiger partial charge in [0.25, 0.3) is 17.7 Å². The van der Waals surface area contributed by atoms with Crippen LogP contribution in [-0.2, 0) is 22.4 Å². The van der Waals surface area contributed by atoms with E-state index in [1.165, 1.54) is 35.5 Å². The maximum atomic E-state index is 13.6. The first kappa shape index (κ1) is 27.5. The molecule has 13 nitrogen and oxygen atoms in total. The molecule has 5 rings (SSSR count). The third-order valence-corrected chi connectivity index (χ3v) is 6.46. The minimum atomic E-state index is -0.731. The van der Waals surface area contributed by atoms with E-state index in [9.17, 15) is 24.0 Å². The van der Waals surface area contributed by atoms with Crippen LogP contribution in [0.5, 0.6) is 0 Å². The highest BCUT2D eigenvalue weighted by molar-refractivity contribution is 6.35. The number of benzene rings is 1. The number of ether oxygens (including phenoxy) is 2. The molecule has 4 amide bonds. The Morgan fingerprint density at radius 3 is 2.34 bits per heavy atom. The zero-order valence-electron chi connectivity index (χ0n) is 23.0. The van der Waals surface area contributed by atoms with E-state index in [0.717, 1.165) is 9.58 Å². The maximum absolute atomic E-state index is 13.6. The van der Waals surface area contributed by atoms with E-state index in [0.29, 0.717) is 11.3 Å². The second-order valence-corrected chi connectivity index (χ2v) is 10.4. The molecule has 0 fully saturated rings. The van der Waals surface area contributed by atoms with Crippen molar-refractivity contribution < 1.29 is 33.4 Å². The van der Waals surface area contributed by atoms with Crippen LogP contribution in [0.3, 0.4) is 0 Å². The van der Waals surface area contributed by atoms with Gasteiger partial charge in [0, 0.05) is 24.7 Å². The van der Waals surface area contributed by atoms with Crippen molar-refractivity contribution in [1.82, 2.24) is 19.7 Å². The first-order valence-corrected chi connectivity index (χ1v) is 13.0. The van der Waals surface area contributed by atoms with Crippen LogP contribution < -0.4 is 10.2 Å². The lowest BCUT2D eigenvalue weighted by molar-refractivity contribution is 0.0223. The zero-order valence-corrected chi connectivity index (χ0v) is 23.0. The number of nitrogens with zero attached hydrogens (tertiary/aromatic N) is 5. The minimum absolute atomic E-state index is 0.00901. The molecule has 0 aliphatic carbocycles. The van der Waals surface area contributed by atoms with Gasteiger partial charge in [-0.05, 0) is 45.9 Å². The Morgan fingerprint density at radius 2 is 1.71 bits per heavy atom. The molecule has 13 heteroatoms. The summed E-state index contributed by atoms with van der Waals surface area (Å²) < 4.78 is 11.7. The maximum Gasteiger partial charge on any atom is 0.434 e. The molecule has 4 heterocycles. The van der Waals surface area contributed by atoms with Crippen molar-refractivity contribution in [1.29, 1.82) is 0 Å². The van der Waals surface area contributed by atoms with Crippen LogP contribution in [0.4, 0.5) is 21.1 Å². The highest BCUT2D eigenvalue weighted by Crippen LogP contribution is 2.32. The van der Waals surface area contributed by atoms with Crippen molar-refractivity contribution in [2.75, 3.05) is 23.4 Å². The zero-order chi connectivity index (χ0) is 29.5. The third-order valence-electron chi connectivity index (χ3n) is 6.46. The summed E-state index contributed by atoms with van der Waals surface area (Å²) in [5.74, 6) is -1.84. The van der Waals surface area contributed by atoms with Crippen LogP contribution in [0.25, 0.3) is 0 Å². The van der Waals surface area contributed by atoms with Crippen LogP contribution in [0.2, 0.25) is 0 Å². The van der Waals surface area contributed by atoms with E-state index in [4.69, 9.17) is 9.47 Å². The molecule has 41 heavy (non-hydrogen) atoms. The van der Waals surface area contributed by atoms with Crippen LogP contribution in [0.1, 0.15) is 70.0 Å². The molecule has 0 radical (unpaired) electrons. The monoisotopic (exact) mass is 560 g/mol. The first-order valence-electron chi connectivity index (χ1n) is 13.0. The molecule has 0 saturated heterocycles. The third kappa shape index (κ3) is 5.13. The number of hydrogen-bond donors (Lipinski definition) is 1. The number of nitrogens with one attached hydrogen (secondary N) is 1. The van der Waals surface area contributed by atoms with Crippen LogP contribution in [-0.4, -0.2) is 68.3 Å². The Balaban J connectivity index is 1.48. The fraction of sp³-hybridized carbons (Fsp3) is 0.321. The molecule has 0 spiro atoms. The average molecular weight is 561 g/mol. The smallest absolute Gasteiger partial charge is 0.434 e. The van der Waals surface area contributed by atoms with Gasteiger partial charge < -0.3 is 19.7 Å². The first-order chi connectivity index (χ1) is 19.5. The lowest BCUT2D eigenvalue weighted by Crippen LogP contribution is -2.40. The molecule has 0 atom stereocenters. The summed E-state index contributed by atoms with van der Waals surface area (Å²) in [6, 6.07) is 7.74. The van der Waals surface area contributed by atoms with Crippen molar-refractivity contribution in [3.05, 3.63) is 70.7 Å². The summed E-state index contributed by atoms with van der Waals surface area (Å²) in [4.78, 5) is 71.7. The summed E-state index contributed by atoms with van der Waals surface area (Å²) in [6.07, 6.45) is 1.59. The Bertz CT molecular complexity index is 1550. The number of aromatic nitrogens is 3. The van der Waals surface area contributed by atoms with E-state index in [1.807, 2.05) is 0 Å². The average Bonchev–Trinajstić information content (AvgIpc) is 3.42. The topological polar surface area (TPSA) is 153 Å². The molecule has 0 saturated carbocycles. The molecule has 2 aliphatic rings. The summed E-state index contributed by atoms with van der Waals surface area (Å²) in [6.45, 7) is 7.31. The van der Waals surface area contributed by atoms with Gasteiger partial charge in [-0.3, -0.25) is 19.4 Å². The van der Waals surface area contributed by atoms with Gasteiger partial charge in [0.15, 0.2) is 5.82 Å². The predicted molar refractivity (Wildman–Crippen MR) is 145 cm³/mol. The largest absolute Gasteiger partial charge is 0.448 e. The van der Waals surface area contributed by atoms with Crippen LogP contribution >= 0.6 is 0 Å². The molecule has 0 bridgehead atoms. The minimum Gasteiger partial charge on any atom is -0.448 e. The van der Waals surface area contributed by atoms with Crippen molar-refractivity contribution in [3.8, 4) is 0 Å². The van der Waals surface area contributed by atoms with Crippen molar-refractivity contribution in [2.45, 2.75) is 46.3 Å². The number of hydrogen-bond acceptors (Lipinski definition) is 9. The van der Waals surface area contributed by atoms with Gasteiger partial charge in [0.05, 0.1) is 47.4 Å². The molecule has 3 aromatic rings. The number of rotatable bonds is 4. The summed E-state index contributed by atoms with van der Waals surface area (Å²) in [5, 5.41) is 6.99. The SMILES string of the molecule is CCOC(=O)n1nc(NC(=O)c2ccncc2N2C(=O)c3ccccc3C2=O)c2c1CCN(C(=O)OC(C)(C)C)C2. The Kier molecular flexibility index (Phi) is 7.03. The van der Waals surface area contributed by atoms with Gasteiger partial charge in [0.2, 0.25) is 0 Å². The van der Waals surface area contributed by atoms with Crippen LogP contribution in [0.15, 0.2) is 42.7 Å². The lowest BCUT2D eigenvalue weighted by atomic mass is 10.1. The van der Waals surface area contributed by atoms with Gasteiger partial charge in [-0.25, -0.2) is 14.5 Å². The molecule has 2 aliphatic heterocycles. The highest BCUT2D eigenvalue weighted by atomic mass is 16.6.